The number of methoxy groups -OCH3 is 1. The van der Waals surface area contributed by atoms with Crippen LogP contribution >= 0.6 is 0 Å². The predicted molar refractivity (Wildman–Crippen MR) is 107 cm³/mol. The van der Waals surface area contributed by atoms with E-state index in [2.05, 4.69) is 6.92 Å². The molecule has 6 nitrogen and oxygen atoms in total. The number of aliphatic hydroxyl groups excluding tert-OH is 1. The van der Waals surface area contributed by atoms with Crippen LogP contribution in [0.5, 0.6) is 0 Å². The Hall–Kier alpha value is -0.950. The highest BCUT2D eigenvalue weighted by molar-refractivity contribution is 5.85. The van der Waals surface area contributed by atoms with Crippen LogP contribution in [0, 0.1) is 34.5 Å². The number of carbonyl (C=O) groups excluding carboxylic acids is 1. The summed E-state index contributed by atoms with van der Waals surface area (Å²) < 4.78 is 17.4. The van der Waals surface area contributed by atoms with Crippen molar-refractivity contribution in [3.8, 4) is 0 Å². The average Bonchev–Trinajstić information content (AvgIpc) is 3.26. The number of cyclic esters (lactones) is 1. The molecule has 2 bridgehead atoms. The van der Waals surface area contributed by atoms with Gasteiger partial charge in [-0.2, -0.15) is 0 Å². The maximum atomic E-state index is 12.3. The summed E-state index contributed by atoms with van der Waals surface area (Å²) in [6.07, 6.45) is 8.57. The molecular formula is C24H34O6. The summed E-state index contributed by atoms with van der Waals surface area (Å²) >= 11 is 0. The Balaban J connectivity index is 1.40. The molecule has 10 unspecified atom stereocenters. The second-order valence-corrected chi connectivity index (χ2v) is 11.1. The average molecular weight is 419 g/mol. The minimum absolute atomic E-state index is 0.0170. The van der Waals surface area contributed by atoms with Crippen molar-refractivity contribution in [2.24, 2.45) is 34.5 Å². The molecule has 0 radical (unpaired) electrons. The van der Waals surface area contributed by atoms with E-state index in [1.165, 1.54) is 0 Å². The van der Waals surface area contributed by atoms with Gasteiger partial charge in [-0.15, -0.1) is 0 Å². The third-order valence-corrected chi connectivity index (χ3v) is 10.5. The van der Waals surface area contributed by atoms with Gasteiger partial charge >= 0.3 is 5.97 Å². The van der Waals surface area contributed by atoms with E-state index >= 15 is 0 Å². The van der Waals surface area contributed by atoms with E-state index in [1.807, 2.05) is 0 Å². The molecule has 10 atom stereocenters. The number of ether oxygens (including phenoxy) is 3. The Kier molecular flexibility index (Phi) is 4.14. The summed E-state index contributed by atoms with van der Waals surface area (Å²) in [5.74, 6) is 0.593. The molecule has 2 N–H and O–H groups in total. The highest BCUT2D eigenvalue weighted by Gasteiger charge is 2.73. The van der Waals surface area contributed by atoms with Gasteiger partial charge in [-0.3, -0.25) is 0 Å². The van der Waals surface area contributed by atoms with Gasteiger partial charge in [0, 0.05) is 24.0 Å². The smallest absolute Gasteiger partial charge is 0.331 e. The molecule has 3 heterocycles. The number of fused-ring (bicyclic) bond motifs is 5. The summed E-state index contributed by atoms with van der Waals surface area (Å²) in [4.78, 5) is 11.7. The van der Waals surface area contributed by atoms with Crippen LogP contribution in [0.2, 0.25) is 0 Å². The van der Waals surface area contributed by atoms with Gasteiger partial charge in [-0.05, 0) is 80.6 Å². The highest BCUT2D eigenvalue weighted by atomic mass is 16.7. The number of carbonyl (C=O) groups is 1. The van der Waals surface area contributed by atoms with Crippen molar-refractivity contribution in [2.45, 2.75) is 82.4 Å². The lowest BCUT2D eigenvalue weighted by atomic mass is 9.41. The Labute approximate surface area is 177 Å². The zero-order chi connectivity index (χ0) is 20.9. The fourth-order valence-electron chi connectivity index (χ4n) is 9.26. The molecule has 30 heavy (non-hydrogen) atoms. The first kappa shape index (κ1) is 19.7. The molecule has 7 rings (SSSR count). The van der Waals surface area contributed by atoms with Crippen LogP contribution in [0.25, 0.3) is 0 Å². The molecule has 0 aromatic carbocycles. The number of hydrogen-bond acceptors (Lipinski definition) is 6. The summed E-state index contributed by atoms with van der Waals surface area (Å²) in [5, 5.41) is 23.6. The lowest BCUT2D eigenvalue weighted by Gasteiger charge is -2.68. The van der Waals surface area contributed by atoms with Crippen LogP contribution in [-0.4, -0.2) is 54.0 Å². The van der Waals surface area contributed by atoms with Gasteiger partial charge in [0.25, 0.3) is 0 Å². The number of hydrogen-bond donors (Lipinski definition) is 2. The number of aliphatic hydroxyl groups is 2. The van der Waals surface area contributed by atoms with Crippen LogP contribution in [0.4, 0.5) is 0 Å². The van der Waals surface area contributed by atoms with Gasteiger partial charge in [0.1, 0.15) is 6.61 Å². The second-order valence-electron chi connectivity index (χ2n) is 11.1. The molecule has 7 aliphatic rings. The van der Waals surface area contributed by atoms with Gasteiger partial charge in [0.2, 0.25) is 0 Å². The third kappa shape index (κ3) is 2.17. The molecule has 6 fully saturated rings. The maximum Gasteiger partial charge on any atom is 0.331 e. The molecule has 0 aromatic rings. The maximum absolute atomic E-state index is 12.3. The molecular weight excluding hydrogens is 384 g/mol. The largest absolute Gasteiger partial charge is 0.458 e. The minimum Gasteiger partial charge on any atom is -0.458 e. The minimum atomic E-state index is -1.15. The first-order valence-electron chi connectivity index (χ1n) is 11.8. The predicted octanol–water partition coefficient (Wildman–Crippen LogP) is 2.57. The van der Waals surface area contributed by atoms with Crippen LogP contribution in [0.1, 0.15) is 58.3 Å². The van der Waals surface area contributed by atoms with Crippen molar-refractivity contribution in [1.82, 2.24) is 0 Å². The van der Waals surface area contributed by atoms with Crippen molar-refractivity contribution < 1.29 is 29.2 Å². The topological polar surface area (TPSA) is 85.2 Å². The first-order valence-corrected chi connectivity index (χ1v) is 11.8. The van der Waals surface area contributed by atoms with Crippen molar-refractivity contribution in [1.29, 1.82) is 0 Å². The van der Waals surface area contributed by atoms with Crippen molar-refractivity contribution in [2.75, 3.05) is 13.7 Å². The number of esters is 1. The lowest BCUT2D eigenvalue weighted by Crippen LogP contribution is -2.70. The van der Waals surface area contributed by atoms with Gasteiger partial charge in [0.15, 0.2) is 6.29 Å². The van der Waals surface area contributed by atoms with Gasteiger partial charge < -0.3 is 24.4 Å². The molecule has 1 spiro atoms. The Morgan fingerprint density at radius 2 is 1.97 bits per heavy atom. The van der Waals surface area contributed by atoms with Crippen LogP contribution in [0.3, 0.4) is 0 Å². The van der Waals surface area contributed by atoms with E-state index in [1.54, 1.807) is 13.2 Å². The quantitative estimate of drug-likeness (QED) is 0.671. The second kappa shape index (κ2) is 6.31. The van der Waals surface area contributed by atoms with Crippen LogP contribution in [-0.2, 0) is 19.0 Å². The molecule has 4 aliphatic carbocycles. The standard InChI is InChI=1S/C24H34O6/c1-22-7-6-16-17(4-3-14-10-15-5-8-23(14,16)21(28-2)30-15)24(22,27)19(25)11-18(22)13-9-20(26)29-12-13/h9,14-19,21,25,27H,3-8,10-12H2,1-2H3. The molecule has 166 valence electrons. The fourth-order valence-corrected chi connectivity index (χ4v) is 9.26. The number of rotatable bonds is 2. The summed E-state index contributed by atoms with van der Waals surface area (Å²) in [5.41, 5.74) is -0.711. The first-order chi connectivity index (χ1) is 14.3. The van der Waals surface area contributed by atoms with E-state index in [0.29, 0.717) is 31.0 Å². The monoisotopic (exact) mass is 418 g/mol. The van der Waals surface area contributed by atoms with Gasteiger partial charge in [-0.25, -0.2) is 4.79 Å². The van der Waals surface area contributed by atoms with E-state index in [4.69, 9.17) is 14.2 Å². The fraction of sp³-hybridized carbons (Fsp3) is 0.875. The van der Waals surface area contributed by atoms with Crippen molar-refractivity contribution in [3.05, 3.63) is 11.6 Å². The van der Waals surface area contributed by atoms with Crippen molar-refractivity contribution >= 4 is 5.97 Å². The summed E-state index contributed by atoms with van der Waals surface area (Å²) in [7, 11) is 1.76. The summed E-state index contributed by atoms with van der Waals surface area (Å²) in [6, 6.07) is 0. The molecule has 2 saturated heterocycles. The zero-order valence-electron chi connectivity index (χ0n) is 18.0. The molecule has 0 aromatic heterocycles. The Morgan fingerprint density at radius 1 is 1.13 bits per heavy atom. The molecule has 3 aliphatic heterocycles. The Bertz CT molecular complexity index is 785. The van der Waals surface area contributed by atoms with Crippen molar-refractivity contribution in [3.63, 3.8) is 0 Å². The van der Waals surface area contributed by atoms with Gasteiger partial charge in [0.05, 0.1) is 17.8 Å². The third-order valence-electron chi connectivity index (χ3n) is 10.5. The zero-order valence-corrected chi connectivity index (χ0v) is 18.0. The van der Waals surface area contributed by atoms with E-state index in [9.17, 15) is 15.0 Å². The van der Waals surface area contributed by atoms with E-state index in [-0.39, 0.29) is 29.5 Å². The van der Waals surface area contributed by atoms with Crippen LogP contribution < -0.4 is 0 Å². The Morgan fingerprint density at radius 3 is 2.70 bits per heavy atom. The molecule has 0 amide bonds. The van der Waals surface area contributed by atoms with Crippen LogP contribution in [0.15, 0.2) is 11.6 Å². The van der Waals surface area contributed by atoms with E-state index in [0.717, 1.165) is 50.5 Å². The highest BCUT2D eigenvalue weighted by Crippen LogP contribution is 2.72. The SMILES string of the molecule is COC1OC2CCC13C(CCC1C3CCC3(C)C(C4=CC(=O)OC4)CC(O)C13O)C2. The molecule has 4 saturated carbocycles. The van der Waals surface area contributed by atoms with E-state index < -0.39 is 17.1 Å². The molecule has 6 heteroatoms. The normalized spacial score (nSPS) is 56.7. The van der Waals surface area contributed by atoms with Gasteiger partial charge in [-0.1, -0.05) is 6.92 Å². The summed E-state index contributed by atoms with van der Waals surface area (Å²) in [6.45, 7) is 2.43. The lowest BCUT2D eigenvalue weighted by molar-refractivity contribution is -0.346.